The molecule has 3 heterocycles. The Morgan fingerprint density at radius 3 is 2.88 bits per heavy atom. The molecule has 0 bridgehead atoms. The van der Waals surface area contributed by atoms with E-state index >= 15 is 0 Å². The van der Waals surface area contributed by atoms with Gasteiger partial charge in [-0.3, -0.25) is 14.9 Å². The smallest absolute Gasteiger partial charge is 0.273 e. The molecule has 0 fully saturated rings. The van der Waals surface area contributed by atoms with Gasteiger partial charge in [-0.05, 0) is 42.6 Å². The number of carbonyl (C=O) groups is 1. The van der Waals surface area contributed by atoms with Crippen molar-refractivity contribution < 1.29 is 4.79 Å². The second-order valence-electron chi connectivity index (χ2n) is 5.43. The molecule has 1 aromatic carbocycles. The van der Waals surface area contributed by atoms with E-state index in [1.165, 1.54) is 4.88 Å². The molecule has 0 saturated carbocycles. The Kier molecular flexibility index (Phi) is 3.59. The lowest BCUT2D eigenvalue weighted by Gasteiger charge is -2.08. The molecule has 4 rings (SSSR count). The molecule has 1 amide bonds. The van der Waals surface area contributed by atoms with Crippen molar-refractivity contribution in [3.63, 3.8) is 0 Å². The largest absolute Gasteiger partial charge is 0.321 e. The van der Waals surface area contributed by atoms with Crippen molar-refractivity contribution in [3.8, 4) is 10.4 Å². The zero-order valence-corrected chi connectivity index (χ0v) is 13.7. The van der Waals surface area contributed by atoms with E-state index in [1.807, 2.05) is 31.2 Å². The molecule has 0 aliphatic heterocycles. The van der Waals surface area contributed by atoms with Crippen LogP contribution >= 0.6 is 11.3 Å². The summed E-state index contributed by atoms with van der Waals surface area (Å²) in [5.41, 5.74) is 4.11. The number of anilines is 1. The first-order valence-corrected chi connectivity index (χ1v) is 8.35. The van der Waals surface area contributed by atoms with Gasteiger partial charge in [0.1, 0.15) is 5.69 Å². The molecule has 3 aromatic heterocycles. The number of fused-ring (bicyclic) bond motifs is 1. The van der Waals surface area contributed by atoms with Crippen molar-refractivity contribution in [2.24, 2.45) is 0 Å². The van der Waals surface area contributed by atoms with E-state index in [4.69, 9.17) is 4.98 Å². The van der Waals surface area contributed by atoms with Gasteiger partial charge in [0.05, 0.1) is 5.52 Å². The van der Waals surface area contributed by atoms with E-state index in [0.29, 0.717) is 11.4 Å². The molecule has 0 atom stereocenters. The van der Waals surface area contributed by atoms with Crippen molar-refractivity contribution >= 4 is 33.8 Å². The number of aromatic amines is 1. The second kappa shape index (κ2) is 5.90. The number of benzene rings is 1. The van der Waals surface area contributed by atoms with Crippen LogP contribution in [-0.2, 0) is 0 Å². The van der Waals surface area contributed by atoms with Gasteiger partial charge >= 0.3 is 0 Å². The maximum absolute atomic E-state index is 12.1. The predicted molar refractivity (Wildman–Crippen MR) is 96.3 cm³/mol. The summed E-state index contributed by atoms with van der Waals surface area (Å²) < 4.78 is 0. The highest BCUT2D eigenvalue weighted by Gasteiger charge is 2.10. The molecule has 24 heavy (non-hydrogen) atoms. The number of nitrogens with zero attached hydrogens (tertiary/aromatic N) is 2. The average Bonchev–Trinajstić information content (AvgIpc) is 3.28. The number of thiophene rings is 1. The monoisotopic (exact) mass is 334 g/mol. The third-order valence-corrected chi connectivity index (χ3v) is 4.70. The number of aromatic nitrogens is 3. The SMILES string of the molecule is Cc1nc2cc(NC(=O)c3ccn[nH]3)ccc2cc1-c1cccs1. The summed E-state index contributed by atoms with van der Waals surface area (Å²) in [5, 5.41) is 12.4. The van der Waals surface area contributed by atoms with Gasteiger partial charge < -0.3 is 5.32 Å². The Labute approximate surface area is 142 Å². The van der Waals surface area contributed by atoms with Crippen LogP contribution < -0.4 is 5.32 Å². The van der Waals surface area contributed by atoms with E-state index < -0.39 is 0 Å². The van der Waals surface area contributed by atoms with Gasteiger partial charge in [0.15, 0.2) is 0 Å². The molecule has 0 unspecified atom stereocenters. The molecule has 4 aromatic rings. The topological polar surface area (TPSA) is 70.7 Å². The Balaban J connectivity index is 1.69. The fourth-order valence-electron chi connectivity index (χ4n) is 2.60. The zero-order chi connectivity index (χ0) is 16.5. The van der Waals surface area contributed by atoms with Crippen LogP contribution in [-0.4, -0.2) is 21.1 Å². The lowest BCUT2D eigenvalue weighted by Crippen LogP contribution is -2.12. The van der Waals surface area contributed by atoms with Gasteiger partial charge in [0.2, 0.25) is 0 Å². The normalized spacial score (nSPS) is 10.9. The number of pyridine rings is 1. The van der Waals surface area contributed by atoms with Crippen LogP contribution in [0.15, 0.2) is 54.0 Å². The molecule has 0 spiro atoms. The van der Waals surface area contributed by atoms with Crippen LogP contribution in [0.25, 0.3) is 21.3 Å². The van der Waals surface area contributed by atoms with Crippen LogP contribution in [0.5, 0.6) is 0 Å². The lowest BCUT2D eigenvalue weighted by molar-refractivity contribution is 0.102. The van der Waals surface area contributed by atoms with Gasteiger partial charge in [-0.2, -0.15) is 5.10 Å². The minimum atomic E-state index is -0.223. The highest BCUT2D eigenvalue weighted by atomic mass is 32.1. The maximum atomic E-state index is 12.1. The predicted octanol–water partition coefficient (Wildman–Crippen LogP) is 4.25. The number of H-pyrrole nitrogens is 1. The summed E-state index contributed by atoms with van der Waals surface area (Å²) in [4.78, 5) is 18.0. The third kappa shape index (κ3) is 2.68. The van der Waals surface area contributed by atoms with Crippen LogP contribution in [0, 0.1) is 6.92 Å². The summed E-state index contributed by atoms with van der Waals surface area (Å²) >= 11 is 1.70. The molecule has 6 heteroatoms. The van der Waals surface area contributed by atoms with Gasteiger partial charge in [-0.1, -0.05) is 12.1 Å². The quantitative estimate of drug-likeness (QED) is 0.588. The first kappa shape index (κ1) is 14.6. The highest BCUT2D eigenvalue weighted by Crippen LogP contribution is 2.30. The van der Waals surface area contributed by atoms with E-state index in [9.17, 15) is 4.79 Å². The number of hydrogen-bond acceptors (Lipinski definition) is 4. The Hall–Kier alpha value is -2.99. The molecule has 0 saturated heterocycles. The third-order valence-electron chi connectivity index (χ3n) is 3.80. The molecule has 0 aliphatic rings. The van der Waals surface area contributed by atoms with Gasteiger partial charge in [-0.25, -0.2) is 0 Å². The highest BCUT2D eigenvalue weighted by molar-refractivity contribution is 7.13. The molecule has 5 nitrogen and oxygen atoms in total. The summed E-state index contributed by atoms with van der Waals surface area (Å²) in [6.45, 7) is 2.00. The maximum Gasteiger partial charge on any atom is 0.273 e. The number of aryl methyl sites for hydroxylation is 1. The Bertz CT molecular complexity index is 1010. The Morgan fingerprint density at radius 1 is 1.21 bits per heavy atom. The van der Waals surface area contributed by atoms with Crippen LogP contribution in [0.2, 0.25) is 0 Å². The van der Waals surface area contributed by atoms with Gasteiger partial charge in [0, 0.05) is 33.4 Å². The van der Waals surface area contributed by atoms with Crippen molar-refractivity contribution in [2.75, 3.05) is 5.32 Å². The Morgan fingerprint density at radius 2 is 2.12 bits per heavy atom. The number of hydrogen-bond donors (Lipinski definition) is 2. The van der Waals surface area contributed by atoms with Gasteiger partial charge in [-0.15, -0.1) is 11.3 Å². The minimum Gasteiger partial charge on any atom is -0.321 e. The first-order valence-electron chi connectivity index (χ1n) is 7.47. The van der Waals surface area contributed by atoms with E-state index in [0.717, 1.165) is 22.2 Å². The van der Waals surface area contributed by atoms with E-state index in [2.05, 4.69) is 33.0 Å². The summed E-state index contributed by atoms with van der Waals surface area (Å²) in [6, 6.07) is 13.6. The fourth-order valence-corrected chi connectivity index (χ4v) is 3.40. The summed E-state index contributed by atoms with van der Waals surface area (Å²) in [5.74, 6) is -0.223. The number of rotatable bonds is 3. The second-order valence-corrected chi connectivity index (χ2v) is 6.38. The van der Waals surface area contributed by atoms with Crippen LogP contribution in [0.1, 0.15) is 16.2 Å². The molecule has 2 N–H and O–H groups in total. The molecule has 0 radical (unpaired) electrons. The molecule has 118 valence electrons. The van der Waals surface area contributed by atoms with Crippen LogP contribution in [0.4, 0.5) is 5.69 Å². The average molecular weight is 334 g/mol. The van der Waals surface area contributed by atoms with E-state index in [1.54, 1.807) is 23.6 Å². The van der Waals surface area contributed by atoms with Crippen molar-refractivity contribution in [2.45, 2.75) is 6.92 Å². The number of nitrogens with one attached hydrogen (secondary N) is 2. The molecule has 0 aliphatic carbocycles. The number of amides is 1. The zero-order valence-electron chi connectivity index (χ0n) is 12.9. The summed E-state index contributed by atoms with van der Waals surface area (Å²) in [7, 11) is 0. The molecular weight excluding hydrogens is 320 g/mol. The van der Waals surface area contributed by atoms with Crippen LogP contribution in [0.3, 0.4) is 0 Å². The lowest BCUT2D eigenvalue weighted by atomic mass is 10.1. The molecular formula is C18H14N4OS. The fraction of sp³-hybridized carbons (Fsp3) is 0.0556. The van der Waals surface area contributed by atoms with Crippen molar-refractivity contribution in [1.29, 1.82) is 0 Å². The minimum absolute atomic E-state index is 0.223. The van der Waals surface area contributed by atoms with E-state index in [-0.39, 0.29) is 5.91 Å². The van der Waals surface area contributed by atoms with Gasteiger partial charge in [0.25, 0.3) is 5.91 Å². The first-order chi connectivity index (χ1) is 11.7. The summed E-state index contributed by atoms with van der Waals surface area (Å²) in [6.07, 6.45) is 1.55. The van der Waals surface area contributed by atoms with Crippen molar-refractivity contribution in [1.82, 2.24) is 15.2 Å². The number of carbonyl (C=O) groups excluding carboxylic acids is 1. The van der Waals surface area contributed by atoms with Crippen molar-refractivity contribution in [3.05, 3.63) is 65.4 Å². The standard InChI is InChI=1S/C18H14N4OS/c1-11-14(17-3-2-8-24-17)9-12-4-5-13(10-16(12)20-11)21-18(23)15-6-7-19-22-15/h2-10H,1H3,(H,19,22)(H,21,23).